The molecule has 0 saturated carbocycles. The summed E-state index contributed by atoms with van der Waals surface area (Å²) in [5.41, 5.74) is 1.69. The maximum atomic E-state index is 12.5. The lowest BCUT2D eigenvalue weighted by Gasteiger charge is -2.27. The van der Waals surface area contributed by atoms with Crippen molar-refractivity contribution < 1.29 is 27.7 Å². The van der Waals surface area contributed by atoms with E-state index >= 15 is 0 Å². The van der Waals surface area contributed by atoms with Gasteiger partial charge in [-0.25, -0.2) is 8.42 Å². The Labute approximate surface area is 200 Å². The van der Waals surface area contributed by atoms with Gasteiger partial charge >= 0.3 is 0 Å². The maximum Gasteiger partial charge on any atom is 0.232 e. The molecule has 0 bridgehead atoms. The topological polar surface area (TPSA) is 94.1 Å². The van der Waals surface area contributed by atoms with Crippen LogP contribution in [0.1, 0.15) is 43.4 Å². The molecule has 1 aliphatic rings. The van der Waals surface area contributed by atoms with Crippen molar-refractivity contribution in [2.75, 3.05) is 24.2 Å². The van der Waals surface area contributed by atoms with Gasteiger partial charge in [0.15, 0.2) is 6.29 Å². The van der Waals surface area contributed by atoms with E-state index in [1.165, 1.54) is 0 Å². The number of hydrogen-bond acceptors (Lipinski definition) is 6. The molecule has 1 aliphatic heterocycles. The van der Waals surface area contributed by atoms with Crippen molar-refractivity contribution in [1.29, 1.82) is 0 Å². The first kappa shape index (κ1) is 24.3. The van der Waals surface area contributed by atoms with Crippen molar-refractivity contribution in [3.05, 3.63) is 65.7 Å². The number of ether oxygens (including phenoxy) is 3. The number of hydrogen-bond donors (Lipinski definition) is 2. The fourth-order valence-electron chi connectivity index (χ4n) is 4.10. The van der Waals surface area contributed by atoms with E-state index in [2.05, 4.69) is 4.72 Å². The molecule has 2 unspecified atom stereocenters. The first-order chi connectivity index (χ1) is 16.4. The van der Waals surface area contributed by atoms with E-state index in [4.69, 9.17) is 14.2 Å². The predicted octanol–water partition coefficient (Wildman–Crippen LogP) is 4.79. The van der Waals surface area contributed by atoms with Crippen LogP contribution in [0.5, 0.6) is 11.5 Å². The summed E-state index contributed by atoms with van der Waals surface area (Å²) in [6, 6.07) is 16.6. The highest BCUT2D eigenvalue weighted by Crippen LogP contribution is 2.40. The van der Waals surface area contributed by atoms with Crippen LogP contribution < -0.4 is 14.2 Å². The van der Waals surface area contributed by atoms with Gasteiger partial charge in [-0.05, 0) is 48.9 Å². The molecule has 182 valence electrons. The summed E-state index contributed by atoms with van der Waals surface area (Å²) in [6.45, 7) is 2.21. The van der Waals surface area contributed by atoms with Crippen molar-refractivity contribution >= 4 is 26.5 Å². The Morgan fingerprint density at radius 3 is 2.59 bits per heavy atom. The Kier molecular flexibility index (Phi) is 7.60. The standard InChI is InChI=1S/C26H31NO6S/c1-3-34(29,30)27-23-16-19-8-4-5-9-21(19)26(33-25-10-6-7-15-32-25)22(23)17-24(28)18-11-13-20(31-2)14-12-18/h4-5,8-9,11-14,16,24-25,27-28H,3,6-7,10,15,17H2,1-2H3. The normalized spacial score (nSPS) is 17.3. The SMILES string of the molecule is CCS(=O)(=O)Nc1cc2ccccc2c(OC2CCCCO2)c1CC(O)c1ccc(OC)cc1. The summed E-state index contributed by atoms with van der Waals surface area (Å²) >= 11 is 0. The summed E-state index contributed by atoms with van der Waals surface area (Å²) in [5, 5.41) is 12.8. The van der Waals surface area contributed by atoms with Crippen LogP contribution in [0.2, 0.25) is 0 Å². The Bertz CT molecular complexity index is 1220. The minimum atomic E-state index is -3.56. The van der Waals surface area contributed by atoms with Crippen molar-refractivity contribution in [2.24, 2.45) is 0 Å². The molecular formula is C26H31NO6S. The van der Waals surface area contributed by atoms with Gasteiger partial charge in [-0.15, -0.1) is 0 Å². The predicted molar refractivity (Wildman–Crippen MR) is 133 cm³/mol. The van der Waals surface area contributed by atoms with Gasteiger partial charge in [0, 0.05) is 23.8 Å². The average molecular weight is 486 g/mol. The fraction of sp³-hybridized carbons (Fsp3) is 0.385. The summed E-state index contributed by atoms with van der Waals surface area (Å²) in [4.78, 5) is 0. The highest BCUT2D eigenvalue weighted by Gasteiger charge is 2.25. The number of fused-ring (bicyclic) bond motifs is 1. The fourth-order valence-corrected chi connectivity index (χ4v) is 4.76. The summed E-state index contributed by atoms with van der Waals surface area (Å²) in [6.07, 6.45) is 1.58. The lowest BCUT2D eigenvalue weighted by atomic mass is 9.96. The maximum absolute atomic E-state index is 12.5. The third kappa shape index (κ3) is 5.63. The second kappa shape index (κ2) is 10.6. The van der Waals surface area contributed by atoms with Crippen LogP contribution >= 0.6 is 0 Å². The molecule has 3 aromatic carbocycles. The number of rotatable bonds is 9. The van der Waals surface area contributed by atoms with Crippen molar-refractivity contribution in [3.8, 4) is 11.5 Å². The zero-order chi connectivity index (χ0) is 24.1. The summed E-state index contributed by atoms with van der Waals surface area (Å²) in [5.74, 6) is 1.16. The Morgan fingerprint density at radius 1 is 1.15 bits per heavy atom. The molecule has 2 N–H and O–H groups in total. The lowest BCUT2D eigenvalue weighted by molar-refractivity contribution is -0.105. The minimum Gasteiger partial charge on any atom is -0.497 e. The van der Waals surface area contributed by atoms with Crippen LogP contribution in [0.4, 0.5) is 5.69 Å². The van der Waals surface area contributed by atoms with Crippen molar-refractivity contribution in [1.82, 2.24) is 0 Å². The smallest absolute Gasteiger partial charge is 0.232 e. The molecule has 0 amide bonds. The molecular weight excluding hydrogens is 454 g/mol. The molecule has 7 nitrogen and oxygen atoms in total. The van der Waals surface area contributed by atoms with Gasteiger partial charge < -0.3 is 19.3 Å². The second-order valence-corrected chi connectivity index (χ2v) is 10.4. The zero-order valence-electron chi connectivity index (χ0n) is 19.5. The molecule has 0 aromatic heterocycles. The number of nitrogens with one attached hydrogen (secondary N) is 1. The largest absolute Gasteiger partial charge is 0.497 e. The van der Waals surface area contributed by atoms with E-state index in [0.29, 0.717) is 34.9 Å². The first-order valence-electron chi connectivity index (χ1n) is 11.6. The van der Waals surface area contributed by atoms with Gasteiger partial charge in [0.1, 0.15) is 11.5 Å². The monoisotopic (exact) mass is 485 g/mol. The number of benzene rings is 3. The summed E-state index contributed by atoms with van der Waals surface area (Å²) in [7, 11) is -1.97. The van der Waals surface area contributed by atoms with E-state index < -0.39 is 22.4 Å². The highest BCUT2D eigenvalue weighted by atomic mass is 32.2. The van der Waals surface area contributed by atoms with Crippen LogP contribution in [-0.2, 0) is 21.2 Å². The number of anilines is 1. The molecule has 0 aliphatic carbocycles. The van der Waals surface area contributed by atoms with Crippen LogP contribution in [0.25, 0.3) is 10.8 Å². The molecule has 2 atom stereocenters. The number of sulfonamides is 1. The molecule has 1 heterocycles. The molecule has 4 rings (SSSR count). The lowest BCUT2D eigenvalue weighted by Crippen LogP contribution is -2.26. The molecule has 0 spiro atoms. The van der Waals surface area contributed by atoms with E-state index in [9.17, 15) is 13.5 Å². The second-order valence-electron chi connectivity index (χ2n) is 8.37. The minimum absolute atomic E-state index is 0.0672. The van der Waals surface area contributed by atoms with E-state index in [1.807, 2.05) is 24.3 Å². The van der Waals surface area contributed by atoms with Gasteiger partial charge in [-0.1, -0.05) is 36.4 Å². The van der Waals surface area contributed by atoms with E-state index in [1.54, 1.807) is 44.4 Å². The van der Waals surface area contributed by atoms with Gasteiger partial charge in [-0.2, -0.15) is 0 Å². The molecule has 1 saturated heterocycles. The highest BCUT2D eigenvalue weighted by molar-refractivity contribution is 7.92. The molecule has 3 aromatic rings. The first-order valence-corrected chi connectivity index (χ1v) is 13.2. The van der Waals surface area contributed by atoms with Gasteiger partial charge in [-0.3, -0.25) is 4.72 Å². The molecule has 1 fully saturated rings. The van der Waals surface area contributed by atoms with Gasteiger partial charge in [0.2, 0.25) is 10.0 Å². The van der Waals surface area contributed by atoms with E-state index in [0.717, 1.165) is 30.0 Å². The van der Waals surface area contributed by atoms with Gasteiger partial charge in [0.05, 0.1) is 31.3 Å². The number of methoxy groups -OCH3 is 1. The Hall–Kier alpha value is -2.81. The van der Waals surface area contributed by atoms with Gasteiger partial charge in [0.25, 0.3) is 0 Å². The van der Waals surface area contributed by atoms with Crippen molar-refractivity contribution in [3.63, 3.8) is 0 Å². The Balaban J connectivity index is 1.81. The zero-order valence-corrected chi connectivity index (χ0v) is 20.3. The van der Waals surface area contributed by atoms with Crippen LogP contribution in [0.3, 0.4) is 0 Å². The third-order valence-corrected chi connectivity index (χ3v) is 7.33. The molecule has 34 heavy (non-hydrogen) atoms. The number of aliphatic hydroxyl groups excluding tert-OH is 1. The van der Waals surface area contributed by atoms with Crippen LogP contribution in [-0.4, -0.2) is 39.3 Å². The summed E-state index contributed by atoms with van der Waals surface area (Å²) < 4.78 is 45.2. The Morgan fingerprint density at radius 2 is 1.91 bits per heavy atom. The van der Waals surface area contributed by atoms with Crippen molar-refractivity contribution in [2.45, 2.75) is 45.0 Å². The number of aliphatic hydroxyl groups is 1. The average Bonchev–Trinajstić information content (AvgIpc) is 2.86. The molecule has 8 heteroatoms. The molecule has 0 radical (unpaired) electrons. The van der Waals surface area contributed by atoms with E-state index in [-0.39, 0.29) is 12.2 Å². The third-order valence-electron chi connectivity index (χ3n) is 6.04. The van der Waals surface area contributed by atoms with Crippen LogP contribution in [0, 0.1) is 0 Å². The van der Waals surface area contributed by atoms with Crippen LogP contribution in [0.15, 0.2) is 54.6 Å². The quantitative estimate of drug-likeness (QED) is 0.453.